The van der Waals surface area contributed by atoms with Crippen molar-refractivity contribution in [2.75, 3.05) is 43.4 Å². The first-order valence-corrected chi connectivity index (χ1v) is 14.8. The van der Waals surface area contributed by atoms with E-state index < -0.39 is 0 Å². The molecule has 0 amide bonds. The molecule has 1 spiro atoms. The number of likely N-dealkylation sites (tertiary alicyclic amines) is 1. The van der Waals surface area contributed by atoms with Crippen molar-refractivity contribution >= 4 is 34.1 Å². The van der Waals surface area contributed by atoms with E-state index in [9.17, 15) is 9.59 Å². The Labute approximate surface area is 245 Å². The van der Waals surface area contributed by atoms with Crippen LogP contribution in [0.5, 0.6) is 0 Å². The molecule has 2 fully saturated rings. The van der Waals surface area contributed by atoms with Crippen molar-refractivity contribution in [3.8, 4) is 5.82 Å². The lowest BCUT2D eigenvalue weighted by Crippen LogP contribution is -2.46. The average Bonchev–Trinajstić information content (AvgIpc) is 3.29. The molecule has 2 aliphatic heterocycles. The molecule has 2 saturated heterocycles. The summed E-state index contributed by atoms with van der Waals surface area (Å²) < 4.78 is 3.14. The predicted octanol–water partition coefficient (Wildman–Crippen LogP) is 4.81. The summed E-state index contributed by atoms with van der Waals surface area (Å²) in [5.41, 5.74) is 3.10. The van der Waals surface area contributed by atoms with Gasteiger partial charge in [-0.3, -0.25) is 9.59 Å². The fourth-order valence-electron chi connectivity index (χ4n) is 6.20. The van der Waals surface area contributed by atoms with Crippen LogP contribution in [0.25, 0.3) is 16.9 Å². The molecule has 0 bridgehead atoms. The van der Waals surface area contributed by atoms with Gasteiger partial charge in [0.2, 0.25) is 5.95 Å². The van der Waals surface area contributed by atoms with Crippen LogP contribution in [-0.2, 0) is 6.54 Å². The van der Waals surface area contributed by atoms with Crippen LogP contribution < -0.4 is 15.8 Å². The molecule has 1 N–H and O–H groups in total. The van der Waals surface area contributed by atoms with Gasteiger partial charge in [-0.2, -0.15) is 4.98 Å². The van der Waals surface area contributed by atoms with Crippen LogP contribution in [0.2, 0.25) is 0 Å². The molecule has 3 aromatic heterocycles. The zero-order chi connectivity index (χ0) is 29.3. The number of hydrogen-bond acceptors (Lipinski definition) is 8. The second-order valence-electron chi connectivity index (χ2n) is 11.5. The van der Waals surface area contributed by atoms with E-state index in [2.05, 4.69) is 50.8 Å². The molecule has 0 atom stereocenters. The molecule has 2 aliphatic rings. The standard InChI is InChI=1S/C32H38N8O2/c1-4-17-39-30(42)25-22-33-31(36-29(25)40(39)28-8-6-7-26(35-28)27(41)5-2)34-23-9-11-24(12-10-23)38-20-15-32(16-21-38)13-18-37(3)19-14-32/h4,6-12,22H,1,5,13-21H2,2-3H3,(H,33,34,36). The van der Waals surface area contributed by atoms with Gasteiger partial charge in [-0.1, -0.05) is 19.1 Å². The third-order valence-electron chi connectivity index (χ3n) is 8.90. The van der Waals surface area contributed by atoms with Crippen molar-refractivity contribution in [3.63, 3.8) is 0 Å². The predicted molar refractivity (Wildman–Crippen MR) is 166 cm³/mol. The van der Waals surface area contributed by atoms with Crippen LogP contribution in [0, 0.1) is 5.41 Å². The molecule has 10 nitrogen and oxygen atoms in total. The summed E-state index contributed by atoms with van der Waals surface area (Å²) in [6.07, 6.45) is 8.65. The second-order valence-corrected chi connectivity index (χ2v) is 11.5. The summed E-state index contributed by atoms with van der Waals surface area (Å²) >= 11 is 0. The number of anilines is 3. The minimum atomic E-state index is -0.251. The van der Waals surface area contributed by atoms with E-state index in [-0.39, 0.29) is 17.9 Å². The topological polar surface area (TPSA) is 101 Å². The number of carbonyl (C=O) groups excluding carboxylic acids is 1. The lowest BCUT2D eigenvalue weighted by atomic mass is 9.71. The number of nitrogens with one attached hydrogen (secondary N) is 1. The molecule has 5 heterocycles. The summed E-state index contributed by atoms with van der Waals surface area (Å²) in [5, 5.41) is 3.65. The van der Waals surface area contributed by atoms with Gasteiger partial charge < -0.3 is 15.1 Å². The first-order chi connectivity index (χ1) is 20.4. The summed E-state index contributed by atoms with van der Waals surface area (Å²) in [6, 6.07) is 13.6. The van der Waals surface area contributed by atoms with E-state index >= 15 is 0 Å². The highest BCUT2D eigenvalue weighted by Gasteiger charge is 2.36. The summed E-state index contributed by atoms with van der Waals surface area (Å²) in [6.45, 7) is 10.5. The minimum Gasteiger partial charge on any atom is -0.371 e. The first-order valence-electron chi connectivity index (χ1n) is 14.8. The van der Waals surface area contributed by atoms with Gasteiger partial charge in [0, 0.05) is 37.1 Å². The van der Waals surface area contributed by atoms with Crippen LogP contribution in [-0.4, -0.2) is 68.2 Å². The molecule has 10 heteroatoms. The van der Waals surface area contributed by atoms with Crippen molar-refractivity contribution in [1.82, 2.24) is 29.2 Å². The van der Waals surface area contributed by atoms with Gasteiger partial charge in [-0.05, 0) is 87.6 Å². The van der Waals surface area contributed by atoms with Crippen molar-refractivity contribution in [1.29, 1.82) is 0 Å². The van der Waals surface area contributed by atoms with E-state index in [1.54, 1.807) is 35.9 Å². The third-order valence-corrected chi connectivity index (χ3v) is 8.90. The van der Waals surface area contributed by atoms with Gasteiger partial charge in [0.05, 0.1) is 6.54 Å². The quantitative estimate of drug-likeness (QED) is 0.240. The Morgan fingerprint density at radius 3 is 2.43 bits per heavy atom. The monoisotopic (exact) mass is 566 g/mol. The molecular formula is C32H38N8O2. The number of Topliss-reactive ketones (excluding diaryl/α,β-unsaturated/α-hetero) is 1. The summed E-state index contributed by atoms with van der Waals surface area (Å²) in [4.78, 5) is 44.2. The summed E-state index contributed by atoms with van der Waals surface area (Å²) in [7, 11) is 2.23. The fourth-order valence-corrected chi connectivity index (χ4v) is 6.20. The number of aromatic nitrogens is 5. The average molecular weight is 567 g/mol. The number of rotatable bonds is 8. The number of hydrogen-bond donors (Lipinski definition) is 1. The van der Waals surface area contributed by atoms with Crippen LogP contribution in [0.15, 0.2) is 66.1 Å². The normalized spacial score (nSPS) is 17.0. The molecular weight excluding hydrogens is 528 g/mol. The molecule has 42 heavy (non-hydrogen) atoms. The Hall–Kier alpha value is -4.31. The Morgan fingerprint density at radius 2 is 1.74 bits per heavy atom. The minimum absolute atomic E-state index is 0.0720. The zero-order valence-electron chi connectivity index (χ0n) is 24.4. The molecule has 1 aromatic carbocycles. The van der Waals surface area contributed by atoms with Crippen molar-refractivity contribution < 1.29 is 4.79 Å². The SMILES string of the molecule is C=CCn1c(=O)c2cnc(Nc3ccc(N4CCC5(CCN(C)CC5)CC4)cc3)nc2n1-c1cccc(C(=O)CC)n1. The maximum Gasteiger partial charge on any atom is 0.278 e. The number of nitrogens with zero attached hydrogens (tertiary/aromatic N) is 7. The number of carbonyl (C=O) groups is 1. The molecule has 6 rings (SSSR count). The van der Waals surface area contributed by atoms with Gasteiger partial charge in [0.25, 0.3) is 5.56 Å². The van der Waals surface area contributed by atoms with Gasteiger partial charge >= 0.3 is 0 Å². The Balaban J connectivity index is 1.23. The lowest BCUT2D eigenvalue weighted by Gasteiger charge is -2.46. The van der Waals surface area contributed by atoms with Crippen LogP contribution in [0.4, 0.5) is 17.3 Å². The molecule has 0 unspecified atom stereocenters. The second kappa shape index (κ2) is 11.5. The smallest absolute Gasteiger partial charge is 0.278 e. The van der Waals surface area contributed by atoms with E-state index in [4.69, 9.17) is 4.98 Å². The lowest BCUT2D eigenvalue weighted by molar-refractivity contribution is 0.0945. The van der Waals surface area contributed by atoms with E-state index in [0.717, 1.165) is 18.8 Å². The van der Waals surface area contributed by atoms with Crippen molar-refractivity contribution in [2.45, 2.75) is 45.6 Å². The van der Waals surface area contributed by atoms with Crippen molar-refractivity contribution in [2.24, 2.45) is 5.41 Å². The Kier molecular flexibility index (Phi) is 7.64. The zero-order valence-corrected chi connectivity index (χ0v) is 24.4. The highest BCUT2D eigenvalue weighted by molar-refractivity contribution is 5.94. The highest BCUT2D eigenvalue weighted by atomic mass is 16.1. The number of benzene rings is 1. The van der Waals surface area contributed by atoms with Gasteiger partial charge in [-0.25, -0.2) is 19.3 Å². The van der Waals surface area contributed by atoms with E-state index in [1.165, 1.54) is 55.3 Å². The third kappa shape index (κ3) is 5.34. The van der Waals surface area contributed by atoms with Crippen LogP contribution in [0.1, 0.15) is 49.5 Å². The van der Waals surface area contributed by atoms with Crippen molar-refractivity contribution in [3.05, 3.63) is 77.4 Å². The number of ketones is 1. The van der Waals surface area contributed by atoms with E-state index in [0.29, 0.717) is 40.3 Å². The molecule has 4 aromatic rings. The maximum absolute atomic E-state index is 13.3. The Morgan fingerprint density at radius 1 is 1.02 bits per heavy atom. The summed E-state index contributed by atoms with van der Waals surface area (Å²) in [5.74, 6) is 0.723. The number of pyridine rings is 1. The van der Waals surface area contributed by atoms with Gasteiger partial charge in [0.15, 0.2) is 17.2 Å². The molecule has 218 valence electrons. The van der Waals surface area contributed by atoms with Crippen LogP contribution >= 0.6 is 0 Å². The van der Waals surface area contributed by atoms with Gasteiger partial charge in [-0.15, -0.1) is 6.58 Å². The molecule has 0 radical (unpaired) electrons. The maximum atomic E-state index is 13.3. The van der Waals surface area contributed by atoms with Crippen LogP contribution in [0.3, 0.4) is 0 Å². The van der Waals surface area contributed by atoms with E-state index in [1.807, 2.05) is 12.1 Å². The molecule has 0 saturated carbocycles. The molecule has 0 aliphatic carbocycles. The largest absolute Gasteiger partial charge is 0.371 e. The van der Waals surface area contributed by atoms with Gasteiger partial charge in [0.1, 0.15) is 11.1 Å². The fraction of sp³-hybridized carbons (Fsp3) is 0.406. The number of allylic oxidation sites excluding steroid dienone is 1. The highest BCUT2D eigenvalue weighted by Crippen LogP contribution is 2.42. The first kappa shape index (κ1) is 27.8. The number of fused-ring (bicyclic) bond motifs is 1. The number of piperidine rings is 2. The Bertz CT molecular complexity index is 1650.